The third-order valence-electron chi connectivity index (χ3n) is 4.26. The molecule has 0 aromatic carbocycles. The molecule has 0 unspecified atom stereocenters. The number of carboxylic acids is 1. The van der Waals surface area contributed by atoms with E-state index in [4.69, 9.17) is 5.11 Å². The van der Waals surface area contributed by atoms with E-state index < -0.39 is 5.97 Å². The van der Waals surface area contributed by atoms with Crippen molar-refractivity contribution in [3.63, 3.8) is 0 Å². The van der Waals surface area contributed by atoms with E-state index in [1.807, 2.05) is 12.2 Å². The summed E-state index contributed by atoms with van der Waals surface area (Å²) in [5, 5.41) is 8.72. The lowest BCUT2D eigenvalue weighted by Crippen LogP contribution is -2.19. The van der Waals surface area contributed by atoms with Crippen LogP contribution in [-0.4, -0.2) is 11.1 Å². The fraction of sp³-hybridized carbons (Fsp3) is 0.450. The van der Waals surface area contributed by atoms with Gasteiger partial charge in [0.25, 0.3) is 0 Å². The summed E-state index contributed by atoms with van der Waals surface area (Å²) in [6.45, 7) is 10.8. The van der Waals surface area contributed by atoms with Crippen molar-refractivity contribution in [3.05, 3.63) is 56.3 Å². The van der Waals surface area contributed by atoms with Crippen LogP contribution in [0.25, 0.3) is 0 Å². The van der Waals surface area contributed by atoms with Gasteiger partial charge < -0.3 is 5.11 Å². The van der Waals surface area contributed by atoms with E-state index in [0.717, 1.165) is 9.15 Å². The van der Waals surface area contributed by atoms with Gasteiger partial charge in [-0.25, -0.2) is 4.79 Å². The minimum Gasteiger partial charge on any atom is -0.478 e. The molecular weight excluding hydrogens is 399 g/mol. The Bertz CT molecular complexity index is 614. The van der Waals surface area contributed by atoms with Crippen LogP contribution in [0.1, 0.15) is 53.9 Å². The highest BCUT2D eigenvalue weighted by atomic mass is 127. The van der Waals surface area contributed by atoms with Crippen LogP contribution in [0, 0.1) is 5.41 Å². The number of halogens is 1. The molecule has 1 aliphatic rings. The smallest absolute Gasteiger partial charge is 0.328 e. The fourth-order valence-corrected chi connectivity index (χ4v) is 3.24. The molecule has 0 radical (unpaired) electrons. The van der Waals surface area contributed by atoms with Crippen molar-refractivity contribution in [2.75, 3.05) is 0 Å². The lowest BCUT2D eigenvalue weighted by molar-refractivity contribution is -0.131. The molecule has 0 aliphatic heterocycles. The van der Waals surface area contributed by atoms with Gasteiger partial charge in [-0.3, -0.25) is 0 Å². The van der Waals surface area contributed by atoms with E-state index in [0.29, 0.717) is 0 Å². The van der Waals surface area contributed by atoms with Crippen LogP contribution in [0.2, 0.25) is 0 Å². The summed E-state index contributed by atoms with van der Waals surface area (Å²) < 4.78 is 1.11. The third kappa shape index (κ3) is 6.50. The Balaban J connectivity index is 2.94. The second-order valence-corrected chi connectivity index (χ2v) is 8.02. The predicted octanol–water partition coefficient (Wildman–Crippen LogP) is 6.37. The zero-order valence-corrected chi connectivity index (χ0v) is 16.9. The number of hydrogen-bond donors (Lipinski definition) is 1. The number of rotatable bonds is 5. The maximum atomic E-state index is 10.6. The van der Waals surface area contributed by atoms with Gasteiger partial charge in [-0.15, -0.1) is 0 Å². The van der Waals surface area contributed by atoms with Gasteiger partial charge in [-0.2, -0.15) is 0 Å². The Morgan fingerprint density at radius 2 is 1.87 bits per heavy atom. The van der Waals surface area contributed by atoms with Gasteiger partial charge in [0.2, 0.25) is 0 Å². The fourth-order valence-electron chi connectivity index (χ4n) is 2.88. The van der Waals surface area contributed by atoms with Crippen molar-refractivity contribution >= 4 is 28.6 Å². The molecule has 3 heteroatoms. The van der Waals surface area contributed by atoms with Gasteiger partial charge >= 0.3 is 5.97 Å². The lowest BCUT2D eigenvalue weighted by atomic mass is 9.72. The Morgan fingerprint density at radius 1 is 1.22 bits per heavy atom. The lowest BCUT2D eigenvalue weighted by Gasteiger charge is -2.33. The second-order valence-electron chi connectivity index (χ2n) is 6.86. The molecule has 23 heavy (non-hydrogen) atoms. The molecule has 0 heterocycles. The molecule has 0 saturated carbocycles. The molecule has 1 aliphatic carbocycles. The van der Waals surface area contributed by atoms with E-state index in [1.165, 1.54) is 42.1 Å². The Kier molecular flexibility index (Phi) is 7.52. The minimum atomic E-state index is -0.912. The first-order valence-electron chi connectivity index (χ1n) is 7.97. The maximum Gasteiger partial charge on any atom is 0.328 e. The first-order valence-corrected chi connectivity index (χ1v) is 9.05. The third-order valence-corrected chi connectivity index (χ3v) is 5.47. The van der Waals surface area contributed by atoms with Crippen LogP contribution in [0.3, 0.4) is 0 Å². The Labute approximate surface area is 153 Å². The van der Waals surface area contributed by atoms with Crippen molar-refractivity contribution in [3.8, 4) is 0 Å². The summed E-state index contributed by atoms with van der Waals surface area (Å²) in [5.41, 5.74) is 5.12. The van der Waals surface area contributed by atoms with E-state index in [2.05, 4.69) is 62.4 Å². The summed E-state index contributed by atoms with van der Waals surface area (Å²) in [7, 11) is 0. The average Bonchev–Trinajstić information content (AvgIpc) is 2.42. The molecular formula is C20H27IO2. The second kappa shape index (κ2) is 8.67. The summed E-state index contributed by atoms with van der Waals surface area (Å²) in [6, 6.07) is 0. The van der Waals surface area contributed by atoms with Gasteiger partial charge in [0.15, 0.2) is 0 Å². The van der Waals surface area contributed by atoms with Crippen LogP contribution in [-0.2, 0) is 4.79 Å². The van der Waals surface area contributed by atoms with E-state index in [9.17, 15) is 4.79 Å². The number of carbonyl (C=O) groups is 1. The van der Waals surface area contributed by atoms with Crippen molar-refractivity contribution in [1.29, 1.82) is 0 Å². The van der Waals surface area contributed by atoms with Crippen molar-refractivity contribution in [2.45, 2.75) is 53.9 Å². The molecule has 0 amide bonds. The van der Waals surface area contributed by atoms with Gasteiger partial charge in [0.05, 0.1) is 0 Å². The van der Waals surface area contributed by atoms with Crippen LogP contribution in [0.5, 0.6) is 0 Å². The Hall–Kier alpha value is -1.10. The largest absolute Gasteiger partial charge is 0.478 e. The van der Waals surface area contributed by atoms with Crippen molar-refractivity contribution in [2.24, 2.45) is 5.41 Å². The van der Waals surface area contributed by atoms with E-state index in [1.54, 1.807) is 6.92 Å². The van der Waals surface area contributed by atoms with Crippen LogP contribution < -0.4 is 0 Å². The SMILES string of the molecule is CC(C=CC(I)=C(C)C=CC1=C(C)CCCC1(C)C)=CC(=O)O. The highest BCUT2D eigenvalue weighted by molar-refractivity contribution is 14.1. The number of allylic oxidation sites excluding steroid dienone is 9. The summed E-state index contributed by atoms with van der Waals surface area (Å²) in [4.78, 5) is 10.6. The molecule has 0 bridgehead atoms. The van der Waals surface area contributed by atoms with Crippen LogP contribution >= 0.6 is 22.6 Å². The number of aliphatic carboxylic acids is 1. The monoisotopic (exact) mass is 426 g/mol. The molecule has 0 aromatic rings. The number of hydrogen-bond acceptors (Lipinski definition) is 1. The summed E-state index contributed by atoms with van der Waals surface area (Å²) in [6.07, 6.45) is 13.2. The predicted molar refractivity (Wildman–Crippen MR) is 107 cm³/mol. The van der Waals surface area contributed by atoms with Crippen molar-refractivity contribution in [1.82, 2.24) is 0 Å². The zero-order valence-electron chi connectivity index (χ0n) is 14.7. The first-order chi connectivity index (χ1) is 10.6. The van der Waals surface area contributed by atoms with Gasteiger partial charge in [0.1, 0.15) is 0 Å². The van der Waals surface area contributed by atoms with Crippen molar-refractivity contribution < 1.29 is 9.90 Å². The van der Waals surface area contributed by atoms with Gasteiger partial charge in [0, 0.05) is 9.66 Å². The maximum absolute atomic E-state index is 10.6. The highest BCUT2D eigenvalue weighted by Crippen LogP contribution is 2.40. The summed E-state index contributed by atoms with van der Waals surface area (Å²) in [5.74, 6) is -0.912. The van der Waals surface area contributed by atoms with Crippen LogP contribution in [0.15, 0.2) is 56.3 Å². The Morgan fingerprint density at radius 3 is 2.43 bits per heavy atom. The molecule has 2 nitrogen and oxygen atoms in total. The molecule has 0 atom stereocenters. The molecule has 0 spiro atoms. The van der Waals surface area contributed by atoms with E-state index >= 15 is 0 Å². The molecule has 1 rings (SSSR count). The molecule has 0 fully saturated rings. The zero-order chi connectivity index (χ0) is 17.6. The average molecular weight is 426 g/mol. The molecule has 1 N–H and O–H groups in total. The molecule has 126 valence electrons. The van der Waals surface area contributed by atoms with Crippen LogP contribution in [0.4, 0.5) is 0 Å². The topological polar surface area (TPSA) is 37.3 Å². The molecule has 0 aromatic heterocycles. The standard InChI is InChI=1S/C20H27IO2/c1-14(13-19(22)23)8-11-18(21)16(3)9-10-17-15(2)7-6-12-20(17,4)5/h8-11,13H,6-7,12H2,1-5H3,(H,22,23). The van der Waals surface area contributed by atoms with Gasteiger partial charge in [-0.05, 0) is 90.8 Å². The van der Waals surface area contributed by atoms with Gasteiger partial charge in [-0.1, -0.05) is 37.6 Å². The molecule has 0 saturated heterocycles. The quantitative estimate of drug-likeness (QED) is 0.315. The highest BCUT2D eigenvalue weighted by Gasteiger charge is 2.26. The minimum absolute atomic E-state index is 0.251. The van der Waals surface area contributed by atoms with E-state index in [-0.39, 0.29) is 5.41 Å². The number of carboxylic acid groups (broad SMARTS) is 1. The summed E-state index contributed by atoms with van der Waals surface area (Å²) >= 11 is 2.29. The normalized spacial score (nSPS) is 20.3. The first kappa shape index (κ1) is 19.9.